The van der Waals surface area contributed by atoms with E-state index >= 15 is 0 Å². The number of hydrogen-bond donors (Lipinski definition) is 2. The lowest BCUT2D eigenvalue weighted by Crippen LogP contribution is -2.31. The van der Waals surface area contributed by atoms with Crippen LogP contribution in [0.15, 0.2) is 30.3 Å². The first kappa shape index (κ1) is 12.6. The number of nitrogens with two attached hydrogens (primary N) is 1. The Morgan fingerprint density at radius 1 is 1.32 bits per heavy atom. The third-order valence-electron chi connectivity index (χ3n) is 4.25. The zero-order valence-electron chi connectivity index (χ0n) is 11.4. The maximum atomic E-state index is 5.73. The highest BCUT2D eigenvalue weighted by Crippen LogP contribution is 2.34. The summed E-state index contributed by atoms with van der Waals surface area (Å²) in [4.78, 5) is 4.54. The zero-order chi connectivity index (χ0) is 13.2. The van der Waals surface area contributed by atoms with Gasteiger partial charge in [0.25, 0.3) is 0 Å². The molecule has 3 nitrogen and oxygen atoms in total. The van der Waals surface area contributed by atoms with Gasteiger partial charge in [-0.3, -0.25) is 16.3 Å². The first-order chi connectivity index (χ1) is 9.26. The van der Waals surface area contributed by atoms with E-state index in [0.717, 1.165) is 23.5 Å². The molecule has 1 aliphatic carbocycles. The molecule has 1 atom stereocenters. The number of hydrogen-bond acceptors (Lipinski definition) is 3. The molecule has 0 spiro atoms. The molecule has 3 heteroatoms. The van der Waals surface area contributed by atoms with Crippen molar-refractivity contribution in [2.24, 2.45) is 11.8 Å². The minimum atomic E-state index is 0.260. The summed E-state index contributed by atoms with van der Waals surface area (Å²) in [5.41, 5.74) is 6.36. The number of hydrazine groups is 1. The number of nitrogens with one attached hydrogen (secondary N) is 1. The summed E-state index contributed by atoms with van der Waals surface area (Å²) in [5.74, 6) is 6.58. The molecule has 0 bridgehead atoms. The SMILES string of the molecule is Cc1ccc2cc(C(CC3CCC3)NN)ccc2n1. The van der Waals surface area contributed by atoms with Crippen LogP contribution in [0.25, 0.3) is 10.9 Å². The molecule has 1 unspecified atom stereocenters. The Morgan fingerprint density at radius 3 is 2.84 bits per heavy atom. The summed E-state index contributed by atoms with van der Waals surface area (Å²) in [6, 6.07) is 10.9. The molecule has 19 heavy (non-hydrogen) atoms. The van der Waals surface area contributed by atoms with Crippen molar-refractivity contribution in [1.82, 2.24) is 10.4 Å². The smallest absolute Gasteiger partial charge is 0.0705 e. The van der Waals surface area contributed by atoms with Gasteiger partial charge in [-0.05, 0) is 43.0 Å². The molecule has 0 saturated heterocycles. The van der Waals surface area contributed by atoms with Gasteiger partial charge >= 0.3 is 0 Å². The lowest BCUT2D eigenvalue weighted by Gasteiger charge is -2.29. The molecule has 1 aliphatic rings. The molecule has 1 fully saturated rings. The van der Waals surface area contributed by atoms with Crippen LogP contribution in [0.4, 0.5) is 0 Å². The van der Waals surface area contributed by atoms with Crippen molar-refractivity contribution in [3.05, 3.63) is 41.6 Å². The molecule has 2 aromatic rings. The number of nitrogens with zero attached hydrogens (tertiary/aromatic N) is 1. The van der Waals surface area contributed by atoms with Crippen LogP contribution in [0.1, 0.15) is 43.0 Å². The molecule has 1 aromatic carbocycles. The van der Waals surface area contributed by atoms with Crippen LogP contribution in [0.3, 0.4) is 0 Å². The third-order valence-corrected chi connectivity index (χ3v) is 4.25. The lowest BCUT2D eigenvalue weighted by atomic mass is 9.79. The topological polar surface area (TPSA) is 50.9 Å². The second-order valence-corrected chi connectivity index (χ2v) is 5.66. The molecule has 3 rings (SSSR count). The zero-order valence-corrected chi connectivity index (χ0v) is 11.4. The van der Waals surface area contributed by atoms with E-state index in [1.807, 2.05) is 6.92 Å². The van der Waals surface area contributed by atoms with Gasteiger partial charge in [0.1, 0.15) is 0 Å². The van der Waals surface area contributed by atoms with E-state index in [2.05, 4.69) is 40.7 Å². The van der Waals surface area contributed by atoms with Crippen molar-refractivity contribution in [3.8, 4) is 0 Å². The van der Waals surface area contributed by atoms with Gasteiger partial charge in [0.15, 0.2) is 0 Å². The van der Waals surface area contributed by atoms with Gasteiger partial charge in [-0.1, -0.05) is 31.4 Å². The van der Waals surface area contributed by atoms with Crippen LogP contribution < -0.4 is 11.3 Å². The Balaban J connectivity index is 1.87. The van der Waals surface area contributed by atoms with Gasteiger partial charge in [-0.25, -0.2) is 0 Å². The number of aryl methyl sites for hydroxylation is 1. The fourth-order valence-electron chi connectivity index (χ4n) is 2.82. The molecule has 3 N–H and O–H groups in total. The summed E-state index contributed by atoms with van der Waals surface area (Å²) in [6.45, 7) is 2.02. The second kappa shape index (κ2) is 5.27. The largest absolute Gasteiger partial charge is 0.271 e. The van der Waals surface area contributed by atoms with Gasteiger partial charge < -0.3 is 0 Å². The van der Waals surface area contributed by atoms with E-state index < -0.39 is 0 Å². The van der Waals surface area contributed by atoms with E-state index in [-0.39, 0.29) is 6.04 Å². The number of benzene rings is 1. The Morgan fingerprint density at radius 2 is 2.16 bits per heavy atom. The van der Waals surface area contributed by atoms with Crippen molar-refractivity contribution in [1.29, 1.82) is 0 Å². The van der Waals surface area contributed by atoms with Gasteiger partial charge in [-0.2, -0.15) is 0 Å². The van der Waals surface area contributed by atoms with Crippen molar-refractivity contribution in [3.63, 3.8) is 0 Å². The van der Waals surface area contributed by atoms with Crippen molar-refractivity contribution >= 4 is 10.9 Å². The molecule has 0 radical (unpaired) electrons. The molecule has 100 valence electrons. The molecule has 0 amide bonds. The van der Waals surface area contributed by atoms with E-state index in [9.17, 15) is 0 Å². The van der Waals surface area contributed by atoms with Gasteiger partial charge in [0.05, 0.1) is 5.52 Å². The third kappa shape index (κ3) is 2.62. The first-order valence-corrected chi connectivity index (χ1v) is 7.09. The molecular formula is C16H21N3. The average molecular weight is 255 g/mol. The maximum Gasteiger partial charge on any atom is 0.0705 e. The number of aromatic nitrogens is 1. The highest BCUT2D eigenvalue weighted by atomic mass is 15.2. The number of pyridine rings is 1. The average Bonchev–Trinajstić information content (AvgIpc) is 2.37. The van der Waals surface area contributed by atoms with Crippen LogP contribution in [0, 0.1) is 12.8 Å². The predicted molar refractivity (Wildman–Crippen MR) is 78.5 cm³/mol. The van der Waals surface area contributed by atoms with E-state index in [1.54, 1.807) is 0 Å². The predicted octanol–water partition coefficient (Wildman–Crippen LogP) is 3.24. The summed E-state index contributed by atoms with van der Waals surface area (Å²) in [5, 5.41) is 1.19. The summed E-state index contributed by atoms with van der Waals surface area (Å²) >= 11 is 0. The van der Waals surface area contributed by atoms with Crippen LogP contribution in [-0.4, -0.2) is 4.98 Å². The minimum Gasteiger partial charge on any atom is -0.271 e. The van der Waals surface area contributed by atoms with E-state index in [0.29, 0.717) is 0 Å². The number of rotatable bonds is 4. The minimum absolute atomic E-state index is 0.260. The Kier molecular flexibility index (Phi) is 3.49. The van der Waals surface area contributed by atoms with Crippen LogP contribution >= 0.6 is 0 Å². The van der Waals surface area contributed by atoms with E-state index in [4.69, 9.17) is 5.84 Å². The van der Waals surface area contributed by atoms with Crippen molar-refractivity contribution < 1.29 is 0 Å². The quantitative estimate of drug-likeness (QED) is 0.651. The Bertz CT molecular complexity index is 575. The normalized spacial score (nSPS) is 17.4. The molecule has 1 heterocycles. The first-order valence-electron chi connectivity index (χ1n) is 7.09. The fraction of sp³-hybridized carbons (Fsp3) is 0.438. The fourth-order valence-corrected chi connectivity index (χ4v) is 2.82. The Hall–Kier alpha value is -1.45. The Labute approximate surface area is 114 Å². The standard InChI is InChI=1S/C16H21N3/c1-11-5-6-13-10-14(7-8-15(13)18-11)16(19-17)9-12-3-2-4-12/h5-8,10,12,16,19H,2-4,9,17H2,1H3. The van der Waals surface area contributed by atoms with E-state index in [1.165, 1.54) is 30.2 Å². The highest BCUT2D eigenvalue weighted by molar-refractivity contribution is 5.79. The number of fused-ring (bicyclic) bond motifs is 1. The molecule has 0 aliphatic heterocycles. The second-order valence-electron chi connectivity index (χ2n) is 5.66. The van der Waals surface area contributed by atoms with Crippen LogP contribution in [0.5, 0.6) is 0 Å². The summed E-state index contributed by atoms with van der Waals surface area (Å²) in [7, 11) is 0. The van der Waals surface area contributed by atoms with Gasteiger partial charge in [0, 0.05) is 17.1 Å². The van der Waals surface area contributed by atoms with Crippen LogP contribution in [0.2, 0.25) is 0 Å². The van der Waals surface area contributed by atoms with Crippen LogP contribution in [-0.2, 0) is 0 Å². The van der Waals surface area contributed by atoms with Crippen molar-refractivity contribution in [2.75, 3.05) is 0 Å². The van der Waals surface area contributed by atoms with Crippen molar-refractivity contribution in [2.45, 2.75) is 38.6 Å². The van der Waals surface area contributed by atoms with Gasteiger partial charge in [-0.15, -0.1) is 0 Å². The molecule has 1 aromatic heterocycles. The molecule has 1 saturated carbocycles. The van der Waals surface area contributed by atoms with Gasteiger partial charge in [0.2, 0.25) is 0 Å². The highest BCUT2D eigenvalue weighted by Gasteiger charge is 2.22. The molecular weight excluding hydrogens is 234 g/mol. The summed E-state index contributed by atoms with van der Waals surface area (Å²) < 4.78 is 0. The lowest BCUT2D eigenvalue weighted by molar-refractivity contribution is 0.262. The monoisotopic (exact) mass is 255 g/mol. The summed E-state index contributed by atoms with van der Waals surface area (Å²) in [6.07, 6.45) is 5.23. The maximum absolute atomic E-state index is 5.73.